The Morgan fingerprint density at radius 3 is 1.07 bits per heavy atom. The van der Waals surface area contributed by atoms with Gasteiger partial charge in [-0.2, -0.15) is 0 Å². The second-order valence-electron chi connectivity index (χ2n) is 6.37. The molecule has 0 spiro atoms. The fraction of sp³-hybridized carbons (Fsp3) is 0.571. The van der Waals surface area contributed by atoms with Gasteiger partial charge in [-0.05, 0) is 19.3 Å². The molecule has 1 aromatic rings. The number of hydrogen-bond donors (Lipinski definition) is 0. The monoisotopic (exact) mass is 378 g/mol. The number of hydrogen-bond acceptors (Lipinski definition) is 6. The van der Waals surface area contributed by atoms with Crippen LogP contribution in [0.4, 0.5) is 0 Å². The molecular formula is C21H30O6. The maximum atomic E-state index is 11.9. The lowest BCUT2D eigenvalue weighted by Crippen LogP contribution is -2.11. The quantitative estimate of drug-likeness (QED) is 0.377. The number of esters is 3. The summed E-state index contributed by atoms with van der Waals surface area (Å²) < 4.78 is 15.9. The molecule has 0 aliphatic carbocycles. The van der Waals surface area contributed by atoms with E-state index in [1.807, 2.05) is 20.8 Å². The van der Waals surface area contributed by atoms with Gasteiger partial charge in [0.15, 0.2) is 0 Å². The summed E-state index contributed by atoms with van der Waals surface area (Å²) in [6.45, 7) is 5.95. The summed E-state index contributed by atoms with van der Waals surface area (Å²) in [4.78, 5) is 35.6. The Bertz CT molecular complexity index is 525. The zero-order valence-corrected chi connectivity index (χ0v) is 16.5. The molecule has 0 saturated carbocycles. The summed E-state index contributed by atoms with van der Waals surface area (Å²) in [5.41, 5.74) is 0. The van der Waals surface area contributed by atoms with Gasteiger partial charge in [-0.3, -0.25) is 14.4 Å². The lowest BCUT2D eigenvalue weighted by molar-refractivity contribution is -0.134. The predicted molar refractivity (Wildman–Crippen MR) is 102 cm³/mol. The molecule has 0 bridgehead atoms. The number of benzene rings is 1. The Labute approximate surface area is 161 Å². The standard InChI is InChI=1S/C21H30O6/c1-4-7-10-19(22)25-16-13-17(26-20(23)11-8-5-2)15-18(14-16)27-21(24)12-9-6-3/h13-15H,4-12H2,1-3H3. The number of ether oxygens (including phenoxy) is 3. The van der Waals surface area contributed by atoms with Gasteiger partial charge in [-0.1, -0.05) is 40.0 Å². The van der Waals surface area contributed by atoms with Crippen LogP contribution in [0.1, 0.15) is 78.6 Å². The smallest absolute Gasteiger partial charge is 0.311 e. The third-order valence-corrected chi connectivity index (χ3v) is 3.75. The van der Waals surface area contributed by atoms with Crippen LogP contribution in [-0.2, 0) is 14.4 Å². The van der Waals surface area contributed by atoms with E-state index in [1.165, 1.54) is 18.2 Å². The van der Waals surface area contributed by atoms with E-state index in [2.05, 4.69) is 0 Å². The van der Waals surface area contributed by atoms with Crippen molar-refractivity contribution in [3.05, 3.63) is 18.2 Å². The van der Waals surface area contributed by atoms with Crippen molar-refractivity contribution in [2.24, 2.45) is 0 Å². The van der Waals surface area contributed by atoms with E-state index in [1.54, 1.807) is 0 Å². The van der Waals surface area contributed by atoms with Crippen molar-refractivity contribution >= 4 is 17.9 Å². The van der Waals surface area contributed by atoms with Crippen LogP contribution < -0.4 is 14.2 Å². The molecule has 0 amide bonds. The number of carbonyl (C=O) groups excluding carboxylic acids is 3. The molecule has 0 radical (unpaired) electrons. The Morgan fingerprint density at radius 1 is 0.593 bits per heavy atom. The molecule has 0 N–H and O–H groups in total. The van der Waals surface area contributed by atoms with Crippen LogP contribution in [0.3, 0.4) is 0 Å². The van der Waals surface area contributed by atoms with E-state index in [9.17, 15) is 14.4 Å². The molecule has 0 saturated heterocycles. The first kappa shape index (κ1) is 22.7. The second-order valence-corrected chi connectivity index (χ2v) is 6.37. The fourth-order valence-electron chi connectivity index (χ4n) is 2.23. The number of unbranched alkanes of at least 4 members (excludes halogenated alkanes) is 3. The average Bonchev–Trinajstić information content (AvgIpc) is 2.62. The van der Waals surface area contributed by atoms with Gasteiger partial charge in [0.2, 0.25) is 0 Å². The Kier molecular flexibility index (Phi) is 10.8. The molecule has 0 atom stereocenters. The summed E-state index contributed by atoms with van der Waals surface area (Å²) in [6.07, 6.45) is 5.70. The van der Waals surface area contributed by atoms with Gasteiger partial charge in [-0.25, -0.2) is 0 Å². The Morgan fingerprint density at radius 2 is 0.852 bits per heavy atom. The van der Waals surface area contributed by atoms with Crippen molar-refractivity contribution in [1.82, 2.24) is 0 Å². The van der Waals surface area contributed by atoms with E-state index >= 15 is 0 Å². The molecule has 0 aliphatic rings. The summed E-state index contributed by atoms with van der Waals surface area (Å²) in [7, 11) is 0. The van der Waals surface area contributed by atoms with Crippen molar-refractivity contribution in [3.63, 3.8) is 0 Å². The first-order chi connectivity index (χ1) is 13.0. The first-order valence-corrected chi connectivity index (χ1v) is 9.75. The zero-order chi connectivity index (χ0) is 20.1. The fourth-order valence-corrected chi connectivity index (χ4v) is 2.23. The number of carbonyl (C=O) groups is 3. The van der Waals surface area contributed by atoms with E-state index in [0.717, 1.165) is 38.5 Å². The molecule has 6 nitrogen and oxygen atoms in total. The van der Waals surface area contributed by atoms with Gasteiger partial charge in [0.25, 0.3) is 0 Å². The highest BCUT2D eigenvalue weighted by atomic mass is 16.6. The molecule has 0 aliphatic heterocycles. The number of rotatable bonds is 12. The van der Waals surface area contributed by atoms with Gasteiger partial charge in [-0.15, -0.1) is 0 Å². The average molecular weight is 378 g/mol. The molecule has 1 aromatic carbocycles. The van der Waals surface area contributed by atoms with Crippen molar-refractivity contribution in [3.8, 4) is 17.2 Å². The maximum absolute atomic E-state index is 11.9. The third kappa shape index (κ3) is 9.78. The largest absolute Gasteiger partial charge is 0.426 e. The van der Waals surface area contributed by atoms with Gasteiger partial charge < -0.3 is 14.2 Å². The molecule has 6 heteroatoms. The SMILES string of the molecule is CCCCC(=O)Oc1cc(OC(=O)CCCC)cc(OC(=O)CCCC)c1. The summed E-state index contributed by atoms with van der Waals surface area (Å²) >= 11 is 0. The van der Waals surface area contributed by atoms with Gasteiger partial charge >= 0.3 is 17.9 Å². The molecular weight excluding hydrogens is 348 g/mol. The van der Waals surface area contributed by atoms with Crippen LogP contribution >= 0.6 is 0 Å². The van der Waals surface area contributed by atoms with Gasteiger partial charge in [0, 0.05) is 37.5 Å². The first-order valence-electron chi connectivity index (χ1n) is 9.75. The van der Waals surface area contributed by atoms with Crippen LogP contribution in [0.15, 0.2) is 18.2 Å². The second kappa shape index (κ2) is 12.9. The minimum Gasteiger partial charge on any atom is -0.426 e. The molecule has 27 heavy (non-hydrogen) atoms. The van der Waals surface area contributed by atoms with E-state index in [0.29, 0.717) is 19.3 Å². The summed E-state index contributed by atoms with van der Waals surface area (Å²) in [5.74, 6) is -0.570. The highest BCUT2D eigenvalue weighted by molar-refractivity contribution is 5.76. The summed E-state index contributed by atoms with van der Waals surface area (Å²) in [5, 5.41) is 0. The molecule has 0 heterocycles. The lowest BCUT2D eigenvalue weighted by atomic mass is 10.2. The molecule has 1 rings (SSSR count). The zero-order valence-electron chi connectivity index (χ0n) is 16.5. The molecule has 0 unspecified atom stereocenters. The van der Waals surface area contributed by atoms with Crippen LogP contribution in [0, 0.1) is 0 Å². The Hall–Kier alpha value is -2.37. The van der Waals surface area contributed by atoms with Crippen LogP contribution in [0.25, 0.3) is 0 Å². The normalized spacial score (nSPS) is 10.3. The van der Waals surface area contributed by atoms with Crippen LogP contribution in [-0.4, -0.2) is 17.9 Å². The Balaban J connectivity index is 2.90. The predicted octanol–water partition coefficient (Wildman–Crippen LogP) is 4.97. The van der Waals surface area contributed by atoms with Crippen LogP contribution in [0.2, 0.25) is 0 Å². The van der Waals surface area contributed by atoms with Crippen molar-refractivity contribution in [2.45, 2.75) is 78.6 Å². The van der Waals surface area contributed by atoms with E-state index in [4.69, 9.17) is 14.2 Å². The van der Waals surface area contributed by atoms with Crippen molar-refractivity contribution in [1.29, 1.82) is 0 Å². The molecule has 0 aromatic heterocycles. The molecule has 150 valence electrons. The third-order valence-electron chi connectivity index (χ3n) is 3.75. The minimum atomic E-state index is -0.380. The maximum Gasteiger partial charge on any atom is 0.311 e. The highest BCUT2D eigenvalue weighted by Crippen LogP contribution is 2.29. The van der Waals surface area contributed by atoms with Crippen molar-refractivity contribution < 1.29 is 28.6 Å². The van der Waals surface area contributed by atoms with E-state index in [-0.39, 0.29) is 35.2 Å². The summed E-state index contributed by atoms with van der Waals surface area (Å²) in [6, 6.07) is 4.37. The highest BCUT2D eigenvalue weighted by Gasteiger charge is 2.13. The minimum absolute atomic E-state index is 0.190. The van der Waals surface area contributed by atoms with Crippen LogP contribution in [0.5, 0.6) is 17.2 Å². The molecule has 0 fully saturated rings. The van der Waals surface area contributed by atoms with Crippen molar-refractivity contribution in [2.75, 3.05) is 0 Å². The van der Waals surface area contributed by atoms with E-state index < -0.39 is 0 Å². The van der Waals surface area contributed by atoms with Gasteiger partial charge in [0.05, 0.1) is 0 Å². The lowest BCUT2D eigenvalue weighted by Gasteiger charge is -2.11. The topological polar surface area (TPSA) is 78.9 Å². The van der Waals surface area contributed by atoms with Gasteiger partial charge in [0.1, 0.15) is 17.2 Å².